The van der Waals surface area contributed by atoms with Gasteiger partial charge < -0.3 is 19.5 Å². The van der Waals surface area contributed by atoms with Crippen molar-refractivity contribution in [3.05, 3.63) is 60.2 Å². The summed E-state index contributed by atoms with van der Waals surface area (Å²) in [5, 5.41) is 2.79. The predicted molar refractivity (Wildman–Crippen MR) is 111 cm³/mol. The lowest BCUT2D eigenvalue weighted by molar-refractivity contribution is -0.238. The van der Waals surface area contributed by atoms with Crippen LogP contribution in [0.5, 0.6) is 0 Å². The number of cyclic esters (lactones) is 2. The standard InChI is InChI=1S/C22H22BNO6/c1-22(2)29-20(27)18(21(28)30-22)19(26)17(24-23-13-25)12-14-8-10-16(11-9-14)15-6-4-3-5-7-15/h3-11,13,17-18,23-24H,12H2,1-2H3/t17-/m1/s1. The number of rotatable bonds is 8. The molecule has 0 radical (unpaired) electrons. The Morgan fingerprint density at radius 1 is 1.03 bits per heavy atom. The van der Waals surface area contributed by atoms with Crippen LogP contribution in [0.2, 0.25) is 0 Å². The van der Waals surface area contributed by atoms with Gasteiger partial charge in [-0.3, -0.25) is 14.4 Å². The molecular weight excluding hydrogens is 385 g/mol. The van der Waals surface area contributed by atoms with Crippen LogP contribution in [0.1, 0.15) is 19.4 Å². The monoisotopic (exact) mass is 407 g/mol. The number of nitrogens with one attached hydrogen (secondary N) is 1. The van der Waals surface area contributed by atoms with Gasteiger partial charge in [0.15, 0.2) is 5.78 Å². The number of esters is 2. The molecule has 1 aliphatic heterocycles. The van der Waals surface area contributed by atoms with Crippen LogP contribution >= 0.6 is 0 Å². The van der Waals surface area contributed by atoms with Crippen LogP contribution < -0.4 is 5.23 Å². The van der Waals surface area contributed by atoms with Crippen LogP contribution in [-0.2, 0) is 35.1 Å². The normalized spacial score (nSPS) is 16.9. The largest absolute Gasteiger partial charge is 0.422 e. The quantitative estimate of drug-likeness (QED) is 0.306. The summed E-state index contributed by atoms with van der Waals surface area (Å²) >= 11 is 0. The van der Waals surface area contributed by atoms with E-state index in [1.165, 1.54) is 13.8 Å². The molecule has 1 heterocycles. The molecule has 1 atom stereocenters. The van der Waals surface area contributed by atoms with Gasteiger partial charge in [0.1, 0.15) is 0 Å². The van der Waals surface area contributed by atoms with Gasteiger partial charge >= 0.3 is 11.9 Å². The van der Waals surface area contributed by atoms with E-state index in [1.807, 2.05) is 54.6 Å². The van der Waals surface area contributed by atoms with Gasteiger partial charge in [0, 0.05) is 13.8 Å². The molecule has 0 bridgehead atoms. The Balaban J connectivity index is 1.77. The molecule has 1 saturated heterocycles. The summed E-state index contributed by atoms with van der Waals surface area (Å²) in [7, 11) is -0.0964. The third kappa shape index (κ3) is 5.01. The lowest BCUT2D eigenvalue weighted by Gasteiger charge is -2.33. The number of ketones is 1. The van der Waals surface area contributed by atoms with Crippen LogP contribution in [0.15, 0.2) is 54.6 Å². The molecule has 2 aromatic rings. The first-order chi connectivity index (χ1) is 14.3. The van der Waals surface area contributed by atoms with Gasteiger partial charge in [-0.1, -0.05) is 54.6 Å². The fourth-order valence-corrected chi connectivity index (χ4v) is 3.32. The van der Waals surface area contributed by atoms with Crippen molar-refractivity contribution in [1.82, 2.24) is 5.23 Å². The van der Waals surface area contributed by atoms with Gasteiger partial charge in [-0.05, 0) is 23.1 Å². The smallest absolute Gasteiger partial charge is 0.331 e. The highest BCUT2D eigenvalue weighted by atomic mass is 16.7. The highest BCUT2D eigenvalue weighted by Crippen LogP contribution is 2.25. The van der Waals surface area contributed by atoms with E-state index in [9.17, 15) is 19.2 Å². The second-order valence-corrected chi connectivity index (χ2v) is 7.47. The molecule has 0 aliphatic carbocycles. The summed E-state index contributed by atoms with van der Waals surface area (Å²) in [6, 6.07) is 16.5. The van der Waals surface area contributed by atoms with E-state index in [-0.39, 0.29) is 13.8 Å². The van der Waals surface area contributed by atoms with E-state index in [0.717, 1.165) is 16.7 Å². The minimum absolute atomic E-state index is 0.0964. The van der Waals surface area contributed by atoms with E-state index in [0.29, 0.717) is 6.19 Å². The lowest BCUT2D eigenvalue weighted by atomic mass is 9.87. The summed E-state index contributed by atoms with van der Waals surface area (Å²) in [4.78, 5) is 48.3. The molecule has 154 valence electrons. The Hall–Kier alpha value is -3.26. The number of carbonyl (C=O) groups is 4. The van der Waals surface area contributed by atoms with Crippen molar-refractivity contribution in [1.29, 1.82) is 0 Å². The van der Waals surface area contributed by atoms with Crippen LogP contribution in [0, 0.1) is 5.92 Å². The summed E-state index contributed by atoms with van der Waals surface area (Å²) in [5.74, 6) is -5.67. The number of hydrogen-bond donors (Lipinski definition) is 1. The van der Waals surface area contributed by atoms with Crippen molar-refractivity contribution >= 4 is 31.3 Å². The topological polar surface area (TPSA) is 98.8 Å². The molecule has 0 amide bonds. The Kier molecular flexibility index (Phi) is 6.47. The second-order valence-electron chi connectivity index (χ2n) is 7.47. The highest BCUT2D eigenvalue weighted by molar-refractivity contribution is 6.64. The van der Waals surface area contributed by atoms with Crippen molar-refractivity contribution in [2.45, 2.75) is 32.1 Å². The molecule has 7 nitrogen and oxygen atoms in total. The summed E-state index contributed by atoms with van der Waals surface area (Å²) < 4.78 is 10.1. The van der Waals surface area contributed by atoms with Crippen LogP contribution in [0.4, 0.5) is 0 Å². The minimum atomic E-state index is -1.68. The predicted octanol–water partition coefficient (Wildman–Crippen LogP) is 1.42. The van der Waals surface area contributed by atoms with E-state index in [4.69, 9.17) is 9.47 Å². The fourth-order valence-electron chi connectivity index (χ4n) is 3.32. The maximum Gasteiger partial charge on any atom is 0.331 e. The van der Waals surface area contributed by atoms with Gasteiger partial charge in [0.2, 0.25) is 5.92 Å². The van der Waals surface area contributed by atoms with E-state index in [2.05, 4.69) is 5.23 Å². The van der Waals surface area contributed by atoms with Crippen molar-refractivity contribution < 1.29 is 28.7 Å². The number of Topliss-reactive ketones (excluding diaryl/α,β-unsaturated/α-hetero) is 1. The number of benzene rings is 2. The first kappa shape index (κ1) is 21.5. The van der Waals surface area contributed by atoms with E-state index in [1.54, 1.807) is 0 Å². The molecule has 1 aliphatic rings. The Bertz CT molecular complexity index is 922. The molecule has 0 saturated carbocycles. The van der Waals surface area contributed by atoms with Crippen molar-refractivity contribution in [2.75, 3.05) is 0 Å². The summed E-state index contributed by atoms with van der Waals surface area (Å²) in [5.41, 5.74) is 2.89. The molecule has 3 rings (SSSR count). The zero-order valence-corrected chi connectivity index (χ0v) is 16.8. The zero-order valence-electron chi connectivity index (χ0n) is 16.8. The third-order valence-electron chi connectivity index (χ3n) is 4.74. The Labute approximate surface area is 175 Å². The average molecular weight is 407 g/mol. The molecule has 2 aromatic carbocycles. The maximum atomic E-state index is 12.9. The molecule has 1 N–H and O–H groups in total. The second kappa shape index (κ2) is 9.05. The van der Waals surface area contributed by atoms with Crippen molar-refractivity contribution in [2.24, 2.45) is 5.92 Å². The molecular formula is C22H22BNO6. The average Bonchev–Trinajstić information content (AvgIpc) is 2.70. The summed E-state index contributed by atoms with van der Waals surface area (Å²) in [6.07, 6.45) is 0.807. The summed E-state index contributed by atoms with van der Waals surface area (Å²) in [6.45, 7) is 2.83. The van der Waals surface area contributed by atoms with Gasteiger partial charge in [0.25, 0.3) is 13.2 Å². The van der Waals surface area contributed by atoms with Gasteiger partial charge in [0.05, 0.1) is 12.2 Å². The third-order valence-corrected chi connectivity index (χ3v) is 4.74. The van der Waals surface area contributed by atoms with Gasteiger partial charge in [-0.2, -0.15) is 0 Å². The first-order valence-electron chi connectivity index (χ1n) is 9.61. The first-order valence-corrected chi connectivity index (χ1v) is 9.61. The number of hydrogen-bond acceptors (Lipinski definition) is 7. The van der Waals surface area contributed by atoms with Crippen LogP contribution in [0.25, 0.3) is 11.1 Å². The minimum Gasteiger partial charge on any atom is -0.422 e. The van der Waals surface area contributed by atoms with Crippen molar-refractivity contribution in [3.8, 4) is 11.1 Å². The molecule has 1 fully saturated rings. The highest BCUT2D eigenvalue weighted by Gasteiger charge is 2.48. The number of carbonyl (C=O) groups excluding carboxylic acids is 4. The number of ether oxygens (including phenoxy) is 2. The molecule has 30 heavy (non-hydrogen) atoms. The molecule has 0 aromatic heterocycles. The SMILES string of the molecule is CC1(C)OC(=O)C(C(=O)[C@@H](Cc2ccc(-c3ccccc3)cc2)NBC=O)C(=O)O1. The Morgan fingerprint density at radius 2 is 1.60 bits per heavy atom. The van der Waals surface area contributed by atoms with Crippen LogP contribution in [0.3, 0.4) is 0 Å². The van der Waals surface area contributed by atoms with E-state index >= 15 is 0 Å². The maximum absolute atomic E-state index is 12.9. The van der Waals surface area contributed by atoms with Gasteiger partial charge in [-0.15, -0.1) is 0 Å². The lowest BCUT2D eigenvalue weighted by Crippen LogP contribution is -2.54. The van der Waals surface area contributed by atoms with Gasteiger partial charge in [-0.25, -0.2) is 0 Å². The van der Waals surface area contributed by atoms with Crippen LogP contribution in [-0.4, -0.2) is 43.2 Å². The molecule has 0 spiro atoms. The molecule has 0 unspecified atom stereocenters. The zero-order chi connectivity index (χ0) is 21.7. The van der Waals surface area contributed by atoms with Crippen molar-refractivity contribution in [3.63, 3.8) is 0 Å². The fraction of sp³-hybridized carbons (Fsp3) is 0.273. The molecule has 8 heteroatoms. The Morgan fingerprint density at radius 3 is 2.17 bits per heavy atom. The van der Waals surface area contributed by atoms with E-state index < -0.39 is 35.5 Å².